The number of hydrogen-bond donors (Lipinski definition) is 1. The molecule has 124 valence electrons. The molecule has 1 unspecified atom stereocenters. The van der Waals surface area contributed by atoms with E-state index in [1.165, 1.54) is 6.42 Å². The highest BCUT2D eigenvalue weighted by atomic mass is 35.5. The molecular formula is C15H24ClN3O2S. The summed E-state index contributed by atoms with van der Waals surface area (Å²) in [6.07, 6.45) is 1.17. The molecule has 1 aromatic carbocycles. The van der Waals surface area contributed by atoms with Crippen molar-refractivity contribution in [2.75, 3.05) is 39.3 Å². The van der Waals surface area contributed by atoms with Gasteiger partial charge in [0, 0.05) is 38.8 Å². The van der Waals surface area contributed by atoms with Gasteiger partial charge in [0.2, 0.25) is 10.0 Å². The van der Waals surface area contributed by atoms with Gasteiger partial charge >= 0.3 is 0 Å². The second-order valence-corrected chi connectivity index (χ2v) is 7.76. The molecule has 7 heteroatoms. The van der Waals surface area contributed by atoms with E-state index < -0.39 is 10.0 Å². The Kier molecular flexibility index (Phi) is 5.85. The fourth-order valence-electron chi connectivity index (χ4n) is 3.25. The van der Waals surface area contributed by atoms with Crippen molar-refractivity contribution in [3.63, 3.8) is 0 Å². The summed E-state index contributed by atoms with van der Waals surface area (Å²) in [5.74, 6) is 0. The van der Waals surface area contributed by atoms with E-state index in [2.05, 4.69) is 10.2 Å². The van der Waals surface area contributed by atoms with Crippen LogP contribution in [0, 0.1) is 6.92 Å². The van der Waals surface area contributed by atoms with Crippen molar-refractivity contribution in [2.45, 2.75) is 24.3 Å². The summed E-state index contributed by atoms with van der Waals surface area (Å²) in [5, 5.41) is 3.37. The zero-order chi connectivity index (χ0) is 14.9. The third-order valence-electron chi connectivity index (χ3n) is 4.54. The molecule has 2 fully saturated rings. The number of benzene rings is 1. The lowest BCUT2D eigenvalue weighted by molar-refractivity contribution is 0.145. The predicted octanol–water partition coefficient (Wildman–Crippen LogP) is 1.09. The quantitative estimate of drug-likeness (QED) is 0.891. The number of nitrogens with zero attached hydrogens (tertiary/aromatic N) is 2. The van der Waals surface area contributed by atoms with Crippen molar-refractivity contribution >= 4 is 22.4 Å². The van der Waals surface area contributed by atoms with Gasteiger partial charge in [0.15, 0.2) is 0 Å². The van der Waals surface area contributed by atoms with Crippen molar-refractivity contribution < 1.29 is 8.42 Å². The number of rotatable bonds is 3. The number of hydrogen-bond acceptors (Lipinski definition) is 4. The second-order valence-electron chi connectivity index (χ2n) is 5.85. The van der Waals surface area contributed by atoms with E-state index in [1.807, 2.05) is 19.1 Å². The molecule has 5 nitrogen and oxygen atoms in total. The van der Waals surface area contributed by atoms with E-state index in [0.717, 1.165) is 31.7 Å². The zero-order valence-corrected chi connectivity index (χ0v) is 14.5. The molecule has 22 heavy (non-hydrogen) atoms. The molecule has 2 saturated heterocycles. The number of sulfonamides is 1. The summed E-state index contributed by atoms with van der Waals surface area (Å²) in [6.45, 7) is 6.81. The van der Waals surface area contributed by atoms with Crippen LogP contribution in [-0.2, 0) is 10.0 Å². The number of piperazine rings is 1. The fraction of sp³-hybridized carbons (Fsp3) is 0.600. The van der Waals surface area contributed by atoms with Crippen LogP contribution in [-0.4, -0.2) is 62.9 Å². The SMILES string of the molecule is Cc1ccccc1S(=O)(=O)N1CCN(C2CCNC2)CC1.Cl. The average Bonchev–Trinajstić information content (AvgIpc) is 3.02. The molecule has 0 bridgehead atoms. The monoisotopic (exact) mass is 345 g/mol. The van der Waals surface area contributed by atoms with Crippen LogP contribution in [0.5, 0.6) is 0 Å². The Bertz CT molecular complexity index is 595. The highest BCUT2D eigenvalue weighted by molar-refractivity contribution is 7.89. The molecule has 0 aliphatic carbocycles. The van der Waals surface area contributed by atoms with Gasteiger partial charge in [0.25, 0.3) is 0 Å². The van der Waals surface area contributed by atoms with E-state index in [-0.39, 0.29) is 12.4 Å². The zero-order valence-electron chi connectivity index (χ0n) is 12.9. The van der Waals surface area contributed by atoms with Gasteiger partial charge in [0.05, 0.1) is 4.90 Å². The number of halogens is 1. The second kappa shape index (κ2) is 7.27. The van der Waals surface area contributed by atoms with Crippen molar-refractivity contribution in [3.8, 4) is 0 Å². The Hall–Kier alpha value is -0.660. The Morgan fingerprint density at radius 1 is 1.14 bits per heavy atom. The molecule has 2 aliphatic heterocycles. The lowest BCUT2D eigenvalue weighted by Gasteiger charge is -2.37. The van der Waals surface area contributed by atoms with Gasteiger partial charge in [-0.2, -0.15) is 4.31 Å². The summed E-state index contributed by atoms with van der Waals surface area (Å²) in [5.41, 5.74) is 0.819. The molecular weight excluding hydrogens is 322 g/mol. The van der Waals surface area contributed by atoms with Gasteiger partial charge in [-0.3, -0.25) is 4.90 Å². The van der Waals surface area contributed by atoms with E-state index in [4.69, 9.17) is 0 Å². The van der Waals surface area contributed by atoms with Crippen LogP contribution >= 0.6 is 12.4 Å². The minimum atomic E-state index is -3.35. The molecule has 2 aliphatic rings. The first-order chi connectivity index (χ1) is 10.1. The van der Waals surface area contributed by atoms with Crippen LogP contribution in [0.2, 0.25) is 0 Å². The lowest BCUT2D eigenvalue weighted by Crippen LogP contribution is -2.52. The summed E-state index contributed by atoms with van der Waals surface area (Å²) in [4.78, 5) is 2.87. The summed E-state index contributed by atoms with van der Waals surface area (Å²) < 4.78 is 27.1. The predicted molar refractivity (Wildman–Crippen MR) is 90.0 cm³/mol. The van der Waals surface area contributed by atoms with Gasteiger partial charge in [-0.15, -0.1) is 12.4 Å². The largest absolute Gasteiger partial charge is 0.315 e. The summed E-state index contributed by atoms with van der Waals surface area (Å²) >= 11 is 0. The molecule has 3 rings (SSSR count). The van der Waals surface area contributed by atoms with Crippen molar-refractivity contribution in [3.05, 3.63) is 29.8 Å². The minimum Gasteiger partial charge on any atom is -0.315 e. The highest BCUT2D eigenvalue weighted by Crippen LogP contribution is 2.22. The molecule has 0 radical (unpaired) electrons. The molecule has 1 N–H and O–H groups in total. The molecule has 0 saturated carbocycles. The normalized spacial score (nSPS) is 24.1. The smallest absolute Gasteiger partial charge is 0.243 e. The maximum absolute atomic E-state index is 12.7. The lowest BCUT2D eigenvalue weighted by atomic mass is 10.2. The third kappa shape index (κ3) is 3.46. The molecule has 1 atom stereocenters. The Morgan fingerprint density at radius 3 is 2.41 bits per heavy atom. The Morgan fingerprint density at radius 2 is 1.82 bits per heavy atom. The first-order valence-corrected chi connectivity index (χ1v) is 9.03. The van der Waals surface area contributed by atoms with E-state index in [9.17, 15) is 8.42 Å². The van der Waals surface area contributed by atoms with Crippen LogP contribution < -0.4 is 5.32 Å². The maximum atomic E-state index is 12.7. The van der Waals surface area contributed by atoms with Gasteiger partial charge in [-0.1, -0.05) is 18.2 Å². The van der Waals surface area contributed by atoms with Crippen molar-refractivity contribution in [2.24, 2.45) is 0 Å². The highest BCUT2D eigenvalue weighted by Gasteiger charge is 2.32. The van der Waals surface area contributed by atoms with Crippen molar-refractivity contribution in [1.82, 2.24) is 14.5 Å². The van der Waals surface area contributed by atoms with Gasteiger partial charge in [-0.25, -0.2) is 8.42 Å². The topological polar surface area (TPSA) is 52.7 Å². The molecule has 1 aromatic rings. The first-order valence-electron chi connectivity index (χ1n) is 7.59. The van der Waals surface area contributed by atoms with Gasteiger partial charge in [0.1, 0.15) is 0 Å². The Balaban J connectivity index is 0.00000176. The Labute approximate surface area is 139 Å². The first kappa shape index (κ1) is 17.7. The number of nitrogens with one attached hydrogen (secondary N) is 1. The van der Waals surface area contributed by atoms with Crippen LogP contribution in [0.1, 0.15) is 12.0 Å². The average molecular weight is 346 g/mol. The van der Waals surface area contributed by atoms with E-state index in [0.29, 0.717) is 24.0 Å². The van der Waals surface area contributed by atoms with Crippen LogP contribution in [0.15, 0.2) is 29.2 Å². The molecule has 0 spiro atoms. The molecule has 2 heterocycles. The molecule has 0 aromatic heterocycles. The van der Waals surface area contributed by atoms with E-state index in [1.54, 1.807) is 16.4 Å². The molecule has 0 amide bonds. The van der Waals surface area contributed by atoms with Gasteiger partial charge in [-0.05, 0) is 31.5 Å². The maximum Gasteiger partial charge on any atom is 0.243 e. The van der Waals surface area contributed by atoms with Gasteiger partial charge < -0.3 is 5.32 Å². The summed E-state index contributed by atoms with van der Waals surface area (Å²) in [6, 6.07) is 7.80. The minimum absolute atomic E-state index is 0. The van der Waals surface area contributed by atoms with E-state index >= 15 is 0 Å². The fourth-order valence-corrected chi connectivity index (χ4v) is 4.89. The summed E-state index contributed by atoms with van der Waals surface area (Å²) in [7, 11) is -3.35. The van der Waals surface area contributed by atoms with Crippen LogP contribution in [0.25, 0.3) is 0 Å². The third-order valence-corrected chi connectivity index (χ3v) is 6.59. The van der Waals surface area contributed by atoms with Crippen LogP contribution in [0.3, 0.4) is 0 Å². The van der Waals surface area contributed by atoms with Crippen LogP contribution in [0.4, 0.5) is 0 Å². The standard InChI is InChI=1S/C15H23N3O2S.ClH/c1-13-4-2-3-5-15(13)21(19,20)18-10-8-17(9-11-18)14-6-7-16-12-14;/h2-5,14,16H,6-12H2,1H3;1H. The van der Waals surface area contributed by atoms with Crippen molar-refractivity contribution in [1.29, 1.82) is 0 Å². The number of aryl methyl sites for hydroxylation is 1.